The maximum atomic E-state index is 15.6. The number of aromatic amines is 1. The summed E-state index contributed by atoms with van der Waals surface area (Å²) in [6.07, 6.45) is -5.99. The van der Waals surface area contributed by atoms with Gasteiger partial charge in [0.25, 0.3) is 0 Å². The van der Waals surface area contributed by atoms with E-state index in [4.69, 9.17) is 0 Å². The molecule has 43 heavy (non-hydrogen) atoms. The van der Waals surface area contributed by atoms with Crippen LogP contribution in [0.25, 0.3) is 11.0 Å². The fourth-order valence-electron chi connectivity index (χ4n) is 5.01. The Hall–Kier alpha value is -4.71. The molecule has 0 amide bonds. The molecule has 1 N–H and O–H groups in total. The summed E-state index contributed by atoms with van der Waals surface area (Å²) in [5, 5.41) is 5.11. The molecule has 0 radical (unpaired) electrons. The molecular formula is C24H5BF15N3. The van der Waals surface area contributed by atoms with Crippen LogP contribution in [0, 0.1) is 87.3 Å². The maximum absolute atomic E-state index is 15.6. The van der Waals surface area contributed by atoms with Crippen molar-refractivity contribution < 1.29 is 70.4 Å². The number of benzene rings is 4. The Kier molecular flexibility index (Phi) is 6.88. The molecule has 0 aliphatic rings. The van der Waals surface area contributed by atoms with Crippen molar-refractivity contribution in [2.45, 2.75) is 0 Å². The summed E-state index contributed by atoms with van der Waals surface area (Å²) in [4.78, 5) is 0. The van der Waals surface area contributed by atoms with E-state index in [1.165, 1.54) is 0 Å². The lowest BCUT2D eigenvalue weighted by molar-refractivity contribution is -0.581. The van der Waals surface area contributed by atoms with Gasteiger partial charge in [0.1, 0.15) is 34.9 Å². The molecule has 224 valence electrons. The normalized spacial score (nSPS) is 12.1. The molecule has 0 saturated heterocycles. The predicted molar refractivity (Wildman–Crippen MR) is 115 cm³/mol. The van der Waals surface area contributed by atoms with Gasteiger partial charge in [0.15, 0.2) is 57.9 Å². The van der Waals surface area contributed by atoms with Crippen molar-refractivity contribution in [2.75, 3.05) is 0 Å². The zero-order chi connectivity index (χ0) is 31.9. The highest BCUT2D eigenvalue weighted by Crippen LogP contribution is 2.27. The van der Waals surface area contributed by atoms with Gasteiger partial charge in [0.2, 0.25) is 5.52 Å². The summed E-state index contributed by atoms with van der Waals surface area (Å²) in [5.74, 6) is -46.3. The van der Waals surface area contributed by atoms with Gasteiger partial charge in [0.05, 0.1) is 0 Å². The van der Waals surface area contributed by atoms with Gasteiger partial charge in [-0.15, -0.1) is 5.21 Å². The van der Waals surface area contributed by atoms with Gasteiger partial charge >= 0.3 is 6.28 Å². The molecule has 0 aliphatic carbocycles. The van der Waals surface area contributed by atoms with Crippen molar-refractivity contribution in [1.29, 1.82) is 0 Å². The zero-order valence-electron chi connectivity index (χ0n) is 20.0. The number of rotatable bonds is 4. The van der Waals surface area contributed by atoms with Crippen LogP contribution < -0.4 is 21.0 Å². The Bertz CT molecular complexity index is 1750. The number of nitrogens with zero attached hydrogens (tertiary/aromatic N) is 2. The largest absolute Gasteiger partial charge is 0.337 e. The van der Waals surface area contributed by atoms with Crippen molar-refractivity contribution in [3.8, 4) is 0 Å². The average Bonchev–Trinajstić information content (AvgIpc) is 3.43. The molecule has 0 fully saturated rings. The van der Waals surface area contributed by atoms with Crippen LogP contribution in [0.4, 0.5) is 65.9 Å². The van der Waals surface area contributed by atoms with E-state index in [0.717, 1.165) is 24.3 Å². The molecule has 0 spiro atoms. The lowest BCUT2D eigenvalue weighted by atomic mass is 9.23. The van der Waals surface area contributed by atoms with Gasteiger partial charge in [-0.3, -0.25) is 0 Å². The standard InChI is InChI=1S/C24H5BF15N3/c26-10-7(11(27)17(33)22(38)16(10)32)25(43-6-4-2-1-3-5(6)41-42-43,8-12(28)18(34)23(39)19(35)13(8)29)9-14(30)20(36)24(40)21(37)15(9)31/h1-4H,(H,41,42). The van der Waals surface area contributed by atoms with Gasteiger partial charge in [-0.1, -0.05) is 28.5 Å². The van der Waals surface area contributed by atoms with Crippen molar-refractivity contribution in [3.05, 3.63) is 112 Å². The third-order valence-electron chi connectivity index (χ3n) is 6.79. The maximum Gasteiger partial charge on any atom is 0.311 e. The molecule has 5 aromatic rings. The quantitative estimate of drug-likeness (QED) is 0.135. The molecule has 0 atom stereocenters. The second kappa shape index (κ2) is 9.94. The van der Waals surface area contributed by atoms with E-state index in [-0.39, 0.29) is 4.59 Å². The van der Waals surface area contributed by atoms with Crippen molar-refractivity contribution in [1.82, 2.24) is 10.3 Å². The second-order valence-corrected chi connectivity index (χ2v) is 8.84. The molecule has 0 aliphatic heterocycles. The lowest BCUT2D eigenvalue weighted by Gasteiger charge is -2.39. The van der Waals surface area contributed by atoms with Crippen molar-refractivity contribution >= 4 is 33.7 Å². The summed E-state index contributed by atoms with van der Waals surface area (Å²) >= 11 is 0. The summed E-state index contributed by atoms with van der Waals surface area (Å²) in [7, 11) is 0. The smallest absolute Gasteiger partial charge is 0.311 e. The highest BCUT2D eigenvalue weighted by atomic mass is 19.2. The molecule has 4 aromatic carbocycles. The Morgan fingerprint density at radius 1 is 0.419 bits per heavy atom. The summed E-state index contributed by atoms with van der Waals surface area (Å²) < 4.78 is 223. The topological polar surface area (TPSA) is 32.6 Å². The van der Waals surface area contributed by atoms with Crippen LogP contribution >= 0.6 is 0 Å². The highest BCUT2D eigenvalue weighted by Gasteiger charge is 2.55. The molecule has 0 unspecified atom stereocenters. The third kappa shape index (κ3) is 3.75. The van der Waals surface area contributed by atoms with E-state index in [1.54, 1.807) is 5.21 Å². The molecule has 0 bridgehead atoms. The minimum atomic E-state index is -5.99. The molecule has 5 rings (SSSR count). The number of nitrogens with one attached hydrogen (secondary N) is 1. The number of halogens is 15. The van der Waals surface area contributed by atoms with Crippen molar-refractivity contribution in [2.24, 2.45) is 0 Å². The number of hydrogen-bond donors (Lipinski definition) is 1. The number of H-pyrrole nitrogens is 1. The Balaban J connectivity index is 2.29. The first-order valence-corrected chi connectivity index (χ1v) is 11.2. The predicted octanol–water partition coefficient (Wildman–Crippen LogP) is 4.45. The van der Waals surface area contributed by atoms with Gasteiger partial charge in [-0.2, -0.15) is 0 Å². The number of aromatic nitrogens is 3. The number of fused-ring (bicyclic) bond motifs is 1. The van der Waals surface area contributed by atoms with Gasteiger partial charge in [-0.05, 0) is 12.1 Å². The van der Waals surface area contributed by atoms with Gasteiger partial charge in [0, 0.05) is 5.10 Å². The van der Waals surface area contributed by atoms with Crippen molar-refractivity contribution in [3.63, 3.8) is 0 Å². The van der Waals surface area contributed by atoms with Crippen LogP contribution in [0.15, 0.2) is 24.3 Å². The van der Waals surface area contributed by atoms with Crippen LogP contribution in [0.3, 0.4) is 0 Å². The van der Waals surface area contributed by atoms with E-state index in [1.807, 2.05) is 0 Å². The minimum Gasteiger partial charge on any atom is -0.337 e. The molecule has 19 heteroatoms. The molecule has 1 heterocycles. The monoisotopic (exact) mass is 631 g/mol. The fourth-order valence-corrected chi connectivity index (χ4v) is 5.01. The summed E-state index contributed by atoms with van der Waals surface area (Å²) in [6, 6.07) is 3.76. The molecule has 0 saturated carbocycles. The lowest BCUT2D eigenvalue weighted by Crippen LogP contribution is -2.89. The van der Waals surface area contributed by atoms with E-state index < -0.39 is 121 Å². The third-order valence-corrected chi connectivity index (χ3v) is 6.79. The highest BCUT2D eigenvalue weighted by molar-refractivity contribution is 7.05. The average molecular weight is 631 g/mol. The Morgan fingerprint density at radius 3 is 1.02 bits per heavy atom. The van der Waals surface area contributed by atoms with Crippen LogP contribution in [0.2, 0.25) is 0 Å². The van der Waals surface area contributed by atoms with E-state index in [0.29, 0.717) is 0 Å². The van der Waals surface area contributed by atoms with E-state index >= 15 is 26.3 Å². The Morgan fingerprint density at radius 2 is 0.698 bits per heavy atom. The number of hydrogen-bond acceptors (Lipinski definition) is 1. The second-order valence-electron chi connectivity index (χ2n) is 8.84. The molecule has 3 nitrogen and oxygen atoms in total. The first-order valence-electron chi connectivity index (χ1n) is 11.2. The van der Waals surface area contributed by atoms with E-state index in [2.05, 4.69) is 5.10 Å². The van der Waals surface area contributed by atoms with Crippen LogP contribution in [0.5, 0.6) is 0 Å². The molecule has 1 aromatic heterocycles. The SMILES string of the molecule is Fc1c(F)c(F)c([B-](c2c(F)c(F)c(F)c(F)c2F)(c2c(F)c(F)c(F)c(F)c2F)[n+]2[nH]nc3ccccc32)c(F)c1F. The van der Waals surface area contributed by atoms with Gasteiger partial charge < -0.3 is 4.59 Å². The van der Waals surface area contributed by atoms with Crippen LogP contribution in [-0.4, -0.2) is 16.6 Å². The van der Waals surface area contributed by atoms with Crippen LogP contribution in [-0.2, 0) is 0 Å². The first-order chi connectivity index (χ1) is 20.1. The van der Waals surface area contributed by atoms with Crippen LogP contribution in [0.1, 0.15) is 0 Å². The minimum absolute atomic E-state index is 0.329. The fraction of sp³-hybridized carbons (Fsp3) is 0. The summed E-state index contributed by atoms with van der Waals surface area (Å²) in [5.41, 5.74) is -9.75. The number of para-hydroxylation sites is 2. The molecular weight excluding hydrogens is 626 g/mol. The zero-order valence-corrected chi connectivity index (χ0v) is 20.0. The first kappa shape index (κ1) is 29.8. The van der Waals surface area contributed by atoms with Gasteiger partial charge in [-0.25, -0.2) is 65.9 Å². The van der Waals surface area contributed by atoms with E-state index in [9.17, 15) is 39.5 Å². The summed E-state index contributed by atoms with van der Waals surface area (Å²) in [6.45, 7) is 0. The Labute approximate surface area is 226 Å².